The third-order valence-electron chi connectivity index (χ3n) is 2.80. The molecule has 7 heteroatoms. The summed E-state index contributed by atoms with van der Waals surface area (Å²) in [5.41, 5.74) is -1.16. The molecular weight excluding hydrogens is 256 g/mol. The van der Waals surface area contributed by atoms with Gasteiger partial charge in [0.2, 0.25) is 0 Å². The van der Waals surface area contributed by atoms with Gasteiger partial charge in [0.05, 0.1) is 0 Å². The van der Waals surface area contributed by atoms with Crippen molar-refractivity contribution in [1.82, 2.24) is 10.2 Å². The molecule has 1 aliphatic rings. The van der Waals surface area contributed by atoms with Crippen molar-refractivity contribution in [3.05, 3.63) is 21.9 Å². The summed E-state index contributed by atoms with van der Waals surface area (Å²) < 4.78 is 0. The van der Waals surface area contributed by atoms with Crippen LogP contribution in [-0.4, -0.2) is 34.5 Å². The molecule has 18 heavy (non-hydrogen) atoms. The Morgan fingerprint density at radius 2 is 2.17 bits per heavy atom. The molecule has 0 spiro atoms. The van der Waals surface area contributed by atoms with Crippen LogP contribution in [0.25, 0.3) is 0 Å². The summed E-state index contributed by atoms with van der Waals surface area (Å²) in [6.45, 7) is 2.86. The summed E-state index contributed by atoms with van der Waals surface area (Å²) in [4.78, 5) is 36.9. The van der Waals surface area contributed by atoms with Crippen LogP contribution in [0, 0.1) is 6.92 Å². The molecule has 2 heterocycles. The van der Waals surface area contributed by atoms with E-state index in [4.69, 9.17) is 5.11 Å². The lowest BCUT2D eigenvalue weighted by Crippen LogP contribution is -2.40. The second-order valence-electron chi connectivity index (χ2n) is 4.25. The number of carboxylic acids is 1. The van der Waals surface area contributed by atoms with Crippen molar-refractivity contribution >= 4 is 29.2 Å². The van der Waals surface area contributed by atoms with Gasteiger partial charge in [-0.3, -0.25) is 14.5 Å². The molecular formula is C11H12N2O4S. The summed E-state index contributed by atoms with van der Waals surface area (Å²) in [5.74, 6) is -1.75. The van der Waals surface area contributed by atoms with E-state index in [2.05, 4.69) is 5.32 Å². The lowest BCUT2D eigenvalue weighted by atomic mass is 10.0. The first-order valence-electron chi connectivity index (χ1n) is 5.27. The van der Waals surface area contributed by atoms with Gasteiger partial charge in [0, 0.05) is 9.75 Å². The molecule has 0 aromatic carbocycles. The standard InChI is InChI=1S/C11H12N2O4S/c1-6-3-4-7(18-6)11(2)9(16)13(5-8(14)15)10(17)12-11/h3-4H,5H2,1-2H3,(H,12,17)(H,14,15). The number of aryl methyl sites for hydroxylation is 1. The van der Waals surface area contributed by atoms with E-state index < -0.39 is 30.0 Å². The van der Waals surface area contributed by atoms with Crippen molar-refractivity contribution in [2.45, 2.75) is 19.4 Å². The number of carbonyl (C=O) groups excluding carboxylic acids is 2. The molecule has 1 saturated heterocycles. The fourth-order valence-electron chi connectivity index (χ4n) is 1.85. The first-order chi connectivity index (χ1) is 8.34. The molecule has 2 rings (SSSR count). The Morgan fingerprint density at radius 1 is 1.50 bits per heavy atom. The molecule has 1 aromatic heterocycles. The zero-order valence-electron chi connectivity index (χ0n) is 9.89. The smallest absolute Gasteiger partial charge is 0.325 e. The Balaban J connectivity index is 2.34. The molecule has 1 aliphatic heterocycles. The number of rotatable bonds is 3. The molecule has 1 atom stereocenters. The number of carbonyl (C=O) groups is 3. The number of hydrogen-bond donors (Lipinski definition) is 2. The van der Waals surface area contributed by atoms with E-state index in [9.17, 15) is 14.4 Å². The third kappa shape index (κ3) is 1.86. The highest BCUT2D eigenvalue weighted by atomic mass is 32.1. The Morgan fingerprint density at radius 3 is 2.67 bits per heavy atom. The fraction of sp³-hybridized carbons (Fsp3) is 0.364. The number of nitrogens with one attached hydrogen (secondary N) is 1. The highest BCUT2D eigenvalue weighted by Crippen LogP contribution is 2.33. The maximum Gasteiger partial charge on any atom is 0.325 e. The normalized spacial score (nSPS) is 23.3. The summed E-state index contributed by atoms with van der Waals surface area (Å²) >= 11 is 1.40. The molecule has 1 fully saturated rings. The monoisotopic (exact) mass is 268 g/mol. The number of aliphatic carboxylic acids is 1. The summed E-state index contributed by atoms with van der Waals surface area (Å²) in [6.07, 6.45) is 0. The van der Waals surface area contributed by atoms with Crippen LogP contribution in [0.5, 0.6) is 0 Å². The molecule has 1 unspecified atom stereocenters. The highest BCUT2D eigenvalue weighted by molar-refractivity contribution is 7.12. The number of carboxylic acid groups (broad SMARTS) is 1. The minimum Gasteiger partial charge on any atom is -0.480 e. The van der Waals surface area contributed by atoms with E-state index in [0.717, 1.165) is 9.78 Å². The number of thiophene rings is 1. The van der Waals surface area contributed by atoms with Gasteiger partial charge < -0.3 is 10.4 Å². The SMILES string of the molecule is Cc1ccc(C2(C)NC(=O)N(CC(=O)O)C2=O)s1. The van der Waals surface area contributed by atoms with Gasteiger partial charge in [-0.25, -0.2) is 4.79 Å². The Labute approximate surface area is 107 Å². The molecule has 2 N–H and O–H groups in total. The first-order valence-corrected chi connectivity index (χ1v) is 6.09. The predicted molar refractivity (Wildman–Crippen MR) is 64.3 cm³/mol. The topological polar surface area (TPSA) is 86.7 Å². The number of nitrogens with zero attached hydrogens (tertiary/aromatic N) is 1. The lowest BCUT2D eigenvalue weighted by molar-refractivity contribution is -0.142. The van der Waals surface area contributed by atoms with Crippen molar-refractivity contribution in [2.75, 3.05) is 6.54 Å². The Kier molecular flexibility index (Phi) is 2.86. The van der Waals surface area contributed by atoms with Crippen LogP contribution < -0.4 is 5.32 Å². The average Bonchev–Trinajstić information content (AvgIpc) is 2.78. The second kappa shape index (κ2) is 4.09. The molecule has 3 amide bonds. The van der Waals surface area contributed by atoms with Crippen molar-refractivity contribution in [3.63, 3.8) is 0 Å². The maximum absolute atomic E-state index is 12.2. The predicted octanol–water partition coefficient (Wildman–Crippen LogP) is 0.908. The Hall–Kier alpha value is -1.89. The van der Waals surface area contributed by atoms with E-state index in [1.165, 1.54) is 11.3 Å². The van der Waals surface area contributed by atoms with Crippen LogP contribution in [-0.2, 0) is 15.1 Å². The zero-order valence-corrected chi connectivity index (χ0v) is 10.7. The van der Waals surface area contributed by atoms with Gasteiger partial charge in [-0.2, -0.15) is 0 Å². The minimum atomic E-state index is -1.22. The van der Waals surface area contributed by atoms with Crippen LogP contribution in [0.3, 0.4) is 0 Å². The van der Waals surface area contributed by atoms with Crippen LogP contribution >= 0.6 is 11.3 Å². The van der Waals surface area contributed by atoms with E-state index >= 15 is 0 Å². The zero-order chi connectivity index (χ0) is 13.5. The van der Waals surface area contributed by atoms with Gasteiger partial charge in [0.1, 0.15) is 6.54 Å². The van der Waals surface area contributed by atoms with Gasteiger partial charge in [-0.05, 0) is 26.0 Å². The average molecular weight is 268 g/mol. The summed E-state index contributed by atoms with van der Waals surface area (Å²) in [6, 6.07) is 2.95. The van der Waals surface area contributed by atoms with Crippen molar-refractivity contribution in [2.24, 2.45) is 0 Å². The quantitative estimate of drug-likeness (QED) is 0.798. The molecule has 0 saturated carbocycles. The van der Waals surface area contributed by atoms with Gasteiger partial charge >= 0.3 is 12.0 Å². The van der Waals surface area contributed by atoms with E-state index in [-0.39, 0.29) is 0 Å². The van der Waals surface area contributed by atoms with E-state index in [1.54, 1.807) is 13.0 Å². The van der Waals surface area contributed by atoms with Crippen molar-refractivity contribution in [1.29, 1.82) is 0 Å². The highest BCUT2D eigenvalue weighted by Gasteiger charge is 2.50. The van der Waals surface area contributed by atoms with Crippen molar-refractivity contribution < 1.29 is 19.5 Å². The molecule has 1 aromatic rings. The van der Waals surface area contributed by atoms with E-state index in [0.29, 0.717) is 4.88 Å². The number of hydrogen-bond acceptors (Lipinski definition) is 4. The number of imide groups is 1. The van der Waals surface area contributed by atoms with Gasteiger partial charge in [0.15, 0.2) is 5.54 Å². The molecule has 0 aliphatic carbocycles. The first kappa shape index (κ1) is 12.6. The van der Waals surface area contributed by atoms with Gasteiger partial charge in [-0.15, -0.1) is 11.3 Å². The van der Waals surface area contributed by atoms with Crippen LogP contribution in [0.4, 0.5) is 4.79 Å². The minimum absolute atomic E-state index is 0.531. The van der Waals surface area contributed by atoms with Gasteiger partial charge in [-0.1, -0.05) is 0 Å². The molecule has 0 bridgehead atoms. The van der Waals surface area contributed by atoms with Crippen LogP contribution in [0.1, 0.15) is 16.7 Å². The lowest BCUT2D eigenvalue weighted by Gasteiger charge is -2.19. The molecule has 0 radical (unpaired) electrons. The summed E-state index contributed by atoms with van der Waals surface area (Å²) in [5, 5.41) is 11.2. The fourth-order valence-corrected chi connectivity index (χ4v) is 2.81. The van der Waals surface area contributed by atoms with E-state index in [1.807, 2.05) is 13.0 Å². The van der Waals surface area contributed by atoms with Gasteiger partial charge in [0.25, 0.3) is 5.91 Å². The Bertz CT molecular complexity index is 539. The maximum atomic E-state index is 12.2. The van der Waals surface area contributed by atoms with Crippen LogP contribution in [0.15, 0.2) is 12.1 Å². The number of amides is 3. The molecule has 96 valence electrons. The largest absolute Gasteiger partial charge is 0.480 e. The van der Waals surface area contributed by atoms with Crippen LogP contribution in [0.2, 0.25) is 0 Å². The summed E-state index contributed by atoms with van der Waals surface area (Å²) in [7, 11) is 0. The number of urea groups is 1. The molecule has 6 nitrogen and oxygen atoms in total. The van der Waals surface area contributed by atoms with Crippen molar-refractivity contribution in [3.8, 4) is 0 Å². The second-order valence-corrected chi connectivity index (χ2v) is 5.54. The third-order valence-corrected chi connectivity index (χ3v) is 4.02.